The lowest BCUT2D eigenvalue weighted by atomic mass is 10.1. The van der Waals surface area contributed by atoms with E-state index in [1.807, 2.05) is 24.3 Å². The molecule has 0 radical (unpaired) electrons. The average Bonchev–Trinajstić information content (AvgIpc) is 3.19. The predicted octanol–water partition coefficient (Wildman–Crippen LogP) is 4.44. The third kappa shape index (κ3) is 4.33. The molecule has 0 spiro atoms. The molecule has 6 nitrogen and oxygen atoms in total. The van der Waals surface area contributed by atoms with Gasteiger partial charge in [-0.3, -0.25) is 9.36 Å². The van der Waals surface area contributed by atoms with Gasteiger partial charge in [0.1, 0.15) is 11.5 Å². The number of phenolic OH excluding ortho intramolecular Hbond substituents is 1. The van der Waals surface area contributed by atoms with Crippen LogP contribution in [-0.2, 0) is 0 Å². The molecule has 1 heterocycles. The van der Waals surface area contributed by atoms with Crippen molar-refractivity contribution in [1.29, 1.82) is 0 Å². The number of ketones is 1. The summed E-state index contributed by atoms with van der Waals surface area (Å²) in [7, 11) is 1.60. The molecule has 0 aliphatic carbocycles. The predicted molar refractivity (Wildman–Crippen MR) is 120 cm³/mol. The van der Waals surface area contributed by atoms with Crippen molar-refractivity contribution in [2.24, 2.45) is 0 Å². The Bertz CT molecular complexity index is 1300. The van der Waals surface area contributed by atoms with Crippen molar-refractivity contribution in [3.63, 3.8) is 0 Å². The summed E-state index contributed by atoms with van der Waals surface area (Å²) in [4.78, 5) is 27.9. The van der Waals surface area contributed by atoms with E-state index in [0.717, 1.165) is 16.9 Å². The number of imidazole rings is 1. The molecule has 6 heteroatoms. The lowest BCUT2D eigenvalue weighted by molar-refractivity contribution is 0.104. The van der Waals surface area contributed by atoms with Gasteiger partial charge in [-0.05, 0) is 60.2 Å². The minimum absolute atomic E-state index is 0.143. The van der Waals surface area contributed by atoms with Gasteiger partial charge in [0.15, 0.2) is 5.78 Å². The quantitative estimate of drug-likeness (QED) is 0.362. The number of benzene rings is 3. The number of allylic oxidation sites excluding steroid dienone is 1. The van der Waals surface area contributed by atoms with Crippen LogP contribution >= 0.6 is 0 Å². The smallest absolute Gasteiger partial charge is 0.330 e. The average molecular weight is 412 g/mol. The van der Waals surface area contributed by atoms with Crippen molar-refractivity contribution in [1.82, 2.24) is 9.55 Å². The lowest BCUT2D eigenvalue weighted by Gasteiger charge is -2.09. The van der Waals surface area contributed by atoms with E-state index in [1.54, 1.807) is 67.9 Å². The van der Waals surface area contributed by atoms with Gasteiger partial charge in [0.25, 0.3) is 0 Å². The fourth-order valence-corrected chi connectivity index (χ4v) is 3.25. The SMILES string of the molecule is COc1ccc(C=CC(=O)c2cccc(-n3c(-c4ccc(O)cc4)c[nH]c3=O)c2)cc1. The highest BCUT2D eigenvalue weighted by Crippen LogP contribution is 2.23. The van der Waals surface area contributed by atoms with Crippen molar-refractivity contribution in [2.45, 2.75) is 0 Å². The first-order chi connectivity index (χ1) is 15.0. The van der Waals surface area contributed by atoms with Crippen LogP contribution in [0.15, 0.2) is 89.9 Å². The van der Waals surface area contributed by atoms with Crippen molar-refractivity contribution >= 4 is 11.9 Å². The van der Waals surface area contributed by atoms with Gasteiger partial charge in [0, 0.05) is 17.3 Å². The molecule has 0 saturated heterocycles. The Hall–Kier alpha value is -4.32. The van der Waals surface area contributed by atoms with Crippen LogP contribution in [0.25, 0.3) is 23.0 Å². The molecule has 0 amide bonds. The van der Waals surface area contributed by atoms with E-state index in [-0.39, 0.29) is 17.2 Å². The fourth-order valence-electron chi connectivity index (χ4n) is 3.25. The van der Waals surface area contributed by atoms with Gasteiger partial charge in [-0.25, -0.2) is 4.79 Å². The van der Waals surface area contributed by atoms with Crippen LogP contribution in [0, 0.1) is 0 Å². The van der Waals surface area contributed by atoms with Crippen LogP contribution in [0.1, 0.15) is 15.9 Å². The maximum Gasteiger partial charge on any atom is 0.330 e. The molecule has 3 aromatic carbocycles. The van der Waals surface area contributed by atoms with Crippen molar-refractivity contribution < 1.29 is 14.6 Å². The minimum Gasteiger partial charge on any atom is -0.508 e. The molecular formula is C25H20N2O4. The first-order valence-corrected chi connectivity index (χ1v) is 9.62. The third-order valence-corrected chi connectivity index (χ3v) is 4.87. The molecule has 0 atom stereocenters. The Morgan fingerprint density at radius 1 is 1.03 bits per heavy atom. The molecule has 0 bridgehead atoms. The van der Waals surface area contributed by atoms with E-state index in [2.05, 4.69) is 4.98 Å². The van der Waals surface area contributed by atoms with E-state index in [9.17, 15) is 14.7 Å². The van der Waals surface area contributed by atoms with Crippen LogP contribution < -0.4 is 10.4 Å². The van der Waals surface area contributed by atoms with Crippen LogP contribution in [0.2, 0.25) is 0 Å². The molecule has 0 aliphatic rings. The van der Waals surface area contributed by atoms with Gasteiger partial charge >= 0.3 is 5.69 Å². The number of aromatic nitrogens is 2. The third-order valence-electron chi connectivity index (χ3n) is 4.87. The molecular weight excluding hydrogens is 392 g/mol. The van der Waals surface area contributed by atoms with Gasteiger partial charge in [-0.2, -0.15) is 0 Å². The van der Waals surface area contributed by atoms with Crippen LogP contribution in [0.3, 0.4) is 0 Å². The fraction of sp³-hybridized carbons (Fsp3) is 0.0400. The largest absolute Gasteiger partial charge is 0.508 e. The Morgan fingerprint density at radius 3 is 2.48 bits per heavy atom. The molecule has 1 aromatic heterocycles. The highest BCUT2D eigenvalue weighted by Gasteiger charge is 2.12. The van der Waals surface area contributed by atoms with Gasteiger partial charge < -0.3 is 14.8 Å². The topological polar surface area (TPSA) is 84.3 Å². The number of phenols is 1. The number of aromatic amines is 1. The Kier molecular flexibility index (Phi) is 5.53. The lowest BCUT2D eigenvalue weighted by Crippen LogP contribution is -2.16. The monoisotopic (exact) mass is 412 g/mol. The second-order valence-corrected chi connectivity index (χ2v) is 6.88. The van der Waals surface area contributed by atoms with Crippen LogP contribution in [-0.4, -0.2) is 27.6 Å². The Labute approximate surface area is 178 Å². The van der Waals surface area contributed by atoms with Gasteiger partial charge in [0.2, 0.25) is 0 Å². The summed E-state index contributed by atoms with van der Waals surface area (Å²) in [5, 5.41) is 9.53. The molecule has 0 aliphatic heterocycles. The van der Waals surface area contributed by atoms with Gasteiger partial charge in [-0.1, -0.05) is 30.3 Å². The van der Waals surface area contributed by atoms with E-state index < -0.39 is 0 Å². The summed E-state index contributed by atoms with van der Waals surface area (Å²) in [6.07, 6.45) is 4.84. The maximum absolute atomic E-state index is 12.7. The summed E-state index contributed by atoms with van der Waals surface area (Å²) in [6, 6.07) is 20.8. The number of nitrogens with one attached hydrogen (secondary N) is 1. The summed E-state index contributed by atoms with van der Waals surface area (Å²) in [5.74, 6) is 0.717. The summed E-state index contributed by atoms with van der Waals surface area (Å²) in [6.45, 7) is 0. The summed E-state index contributed by atoms with van der Waals surface area (Å²) in [5.41, 5.74) is 2.98. The summed E-state index contributed by atoms with van der Waals surface area (Å²) >= 11 is 0. The number of ether oxygens (including phenoxy) is 1. The molecule has 0 fully saturated rings. The normalized spacial score (nSPS) is 11.0. The Balaban J connectivity index is 1.64. The van der Waals surface area contributed by atoms with E-state index >= 15 is 0 Å². The van der Waals surface area contributed by atoms with E-state index in [4.69, 9.17) is 4.74 Å². The first kappa shape index (κ1) is 20.0. The Morgan fingerprint density at radius 2 is 1.77 bits per heavy atom. The van der Waals surface area contributed by atoms with Crippen LogP contribution in [0.4, 0.5) is 0 Å². The van der Waals surface area contributed by atoms with Gasteiger partial charge in [-0.15, -0.1) is 0 Å². The van der Waals surface area contributed by atoms with Gasteiger partial charge in [0.05, 0.1) is 18.5 Å². The van der Waals surface area contributed by atoms with E-state index in [0.29, 0.717) is 16.9 Å². The number of hydrogen-bond donors (Lipinski definition) is 2. The molecule has 0 unspecified atom stereocenters. The minimum atomic E-state index is -0.318. The number of carbonyl (C=O) groups excluding carboxylic acids is 1. The zero-order chi connectivity index (χ0) is 21.8. The van der Waals surface area contributed by atoms with Crippen molar-refractivity contribution in [3.8, 4) is 28.4 Å². The van der Waals surface area contributed by atoms with Crippen molar-refractivity contribution in [2.75, 3.05) is 7.11 Å². The van der Waals surface area contributed by atoms with E-state index in [1.165, 1.54) is 10.6 Å². The highest BCUT2D eigenvalue weighted by atomic mass is 16.5. The second kappa shape index (κ2) is 8.59. The number of hydrogen-bond acceptors (Lipinski definition) is 4. The van der Waals surface area contributed by atoms with Crippen molar-refractivity contribution in [3.05, 3.63) is 107 Å². The molecule has 4 rings (SSSR count). The molecule has 154 valence electrons. The zero-order valence-corrected chi connectivity index (χ0v) is 16.8. The number of carbonyl (C=O) groups is 1. The standard InChI is InChI=1S/C25H20N2O4/c1-31-22-12-5-17(6-13-22)7-14-24(29)19-3-2-4-20(15-19)27-23(16-26-25(27)30)18-8-10-21(28)11-9-18/h2-16,28H,1H3,(H,26,30). The molecule has 0 saturated carbocycles. The number of H-pyrrole nitrogens is 1. The summed E-state index contributed by atoms with van der Waals surface area (Å²) < 4.78 is 6.63. The number of nitrogens with zero attached hydrogens (tertiary/aromatic N) is 1. The molecule has 2 N–H and O–H groups in total. The molecule has 4 aromatic rings. The highest BCUT2D eigenvalue weighted by molar-refractivity contribution is 6.07. The number of aromatic hydroxyl groups is 1. The number of rotatable bonds is 6. The maximum atomic E-state index is 12.7. The second-order valence-electron chi connectivity index (χ2n) is 6.88. The molecule has 31 heavy (non-hydrogen) atoms. The number of methoxy groups -OCH3 is 1. The van der Waals surface area contributed by atoms with Crippen LogP contribution in [0.5, 0.6) is 11.5 Å². The zero-order valence-electron chi connectivity index (χ0n) is 16.8. The first-order valence-electron chi connectivity index (χ1n) is 9.62.